The molecule has 1 amide bonds. The van der Waals surface area contributed by atoms with Crippen molar-refractivity contribution in [1.82, 2.24) is 5.32 Å². The van der Waals surface area contributed by atoms with Gasteiger partial charge in [0.05, 0.1) is 19.3 Å². The van der Waals surface area contributed by atoms with Gasteiger partial charge >= 0.3 is 0 Å². The quantitative estimate of drug-likeness (QED) is 0.741. The van der Waals surface area contributed by atoms with E-state index in [1.54, 1.807) is 0 Å². The summed E-state index contributed by atoms with van der Waals surface area (Å²) in [6.07, 6.45) is 6.29. The Morgan fingerprint density at radius 3 is 2.61 bits per heavy atom. The highest BCUT2D eigenvalue weighted by Crippen LogP contribution is 2.34. The van der Waals surface area contributed by atoms with Gasteiger partial charge in [0.25, 0.3) is 0 Å². The molecule has 18 heavy (non-hydrogen) atoms. The van der Waals surface area contributed by atoms with E-state index in [1.165, 1.54) is 0 Å². The summed E-state index contributed by atoms with van der Waals surface area (Å²) in [5.41, 5.74) is 5.10. The first kappa shape index (κ1) is 12.4. The smallest absolute Gasteiger partial charge is 0.237 e. The van der Waals surface area contributed by atoms with Crippen molar-refractivity contribution in [2.24, 2.45) is 5.73 Å². The summed E-state index contributed by atoms with van der Waals surface area (Å²) in [7, 11) is 0. The molecule has 0 aromatic carbocycles. The van der Waals surface area contributed by atoms with E-state index in [4.69, 9.17) is 15.2 Å². The van der Waals surface area contributed by atoms with Gasteiger partial charge in [0.1, 0.15) is 11.6 Å². The van der Waals surface area contributed by atoms with E-state index in [1.807, 2.05) is 0 Å². The molecular weight excluding hydrogens is 232 g/mol. The van der Waals surface area contributed by atoms with Gasteiger partial charge in [-0.15, -0.1) is 0 Å². The maximum Gasteiger partial charge on any atom is 0.237 e. The maximum atomic E-state index is 11.8. The number of primary amides is 1. The van der Waals surface area contributed by atoms with E-state index in [0.29, 0.717) is 19.3 Å². The highest BCUT2D eigenvalue weighted by molar-refractivity contribution is 5.85. The van der Waals surface area contributed by atoms with Crippen molar-refractivity contribution in [2.75, 3.05) is 13.2 Å². The molecule has 1 heterocycles. The van der Waals surface area contributed by atoms with E-state index >= 15 is 0 Å². The molecule has 5 nitrogen and oxygen atoms in total. The lowest BCUT2D eigenvalue weighted by molar-refractivity contribution is -0.167. The lowest BCUT2D eigenvalue weighted by atomic mass is 9.79. The van der Waals surface area contributed by atoms with Gasteiger partial charge in [-0.1, -0.05) is 0 Å². The van der Waals surface area contributed by atoms with Crippen molar-refractivity contribution in [1.29, 1.82) is 0 Å². The molecule has 0 spiro atoms. The summed E-state index contributed by atoms with van der Waals surface area (Å²) < 4.78 is 11.1. The first-order valence-electron chi connectivity index (χ1n) is 6.99. The van der Waals surface area contributed by atoms with Gasteiger partial charge in [0.2, 0.25) is 5.91 Å². The number of hydrogen-bond donors (Lipinski definition) is 2. The Bertz CT molecular complexity index is 328. The average molecular weight is 254 g/mol. The zero-order valence-electron chi connectivity index (χ0n) is 10.7. The van der Waals surface area contributed by atoms with Crippen LogP contribution in [0.3, 0.4) is 0 Å². The zero-order chi connectivity index (χ0) is 12.6. The summed E-state index contributed by atoms with van der Waals surface area (Å²) in [5, 5.41) is 3.46. The number of hydrogen-bond acceptors (Lipinski definition) is 4. The highest BCUT2D eigenvalue weighted by atomic mass is 16.6. The topological polar surface area (TPSA) is 73.6 Å². The summed E-state index contributed by atoms with van der Waals surface area (Å²) in [5.74, 6) is -0.215. The van der Waals surface area contributed by atoms with Gasteiger partial charge < -0.3 is 20.5 Å². The number of ether oxygens (including phenoxy) is 2. The van der Waals surface area contributed by atoms with E-state index in [-0.39, 0.29) is 18.1 Å². The van der Waals surface area contributed by atoms with Crippen LogP contribution in [0.25, 0.3) is 0 Å². The second-order valence-corrected chi connectivity index (χ2v) is 5.88. The average Bonchev–Trinajstić information content (AvgIpc) is 3.08. The normalized spacial score (nSPS) is 37.2. The molecule has 3 N–H and O–H groups in total. The van der Waals surface area contributed by atoms with Crippen LogP contribution in [0, 0.1) is 0 Å². The van der Waals surface area contributed by atoms with Gasteiger partial charge in [0, 0.05) is 12.5 Å². The molecule has 3 aliphatic rings. The van der Waals surface area contributed by atoms with Gasteiger partial charge in [0.15, 0.2) is 0 Å². The molecule has 2 atom stereocenters. The molecule has 0 aromatic heterocycles. The lowest BCUT2D eigenvalue weighted by Crippen LogP contribution is -2.60. The van der Waals surface area contributed by atoms with Gasteiger partial charge in [-0.3, -0.25) is 4.79 Å². The van der Waals surface area contributed by atoms with E-state index in [0.717, 1.165) is 38.5 Å². The molecular formula is C13H22N2O3. The first-order chi connectivity index (χ1) is 8.68. The first-order valence-corrected chi connectivity index (χ1v) is 6.99. The Labute approximate surface area is 107 Å². The van der Waals surface area contributed by atoms with Crippen molar-refractivity contribution in [2.45, 2.75) is 62.3 Å². The van der Waals surface area contributed by atoms with Crippen LogP contribution in [0.15, 0.2) is 0 Å². The van der Waals surface area contributed by atoms with Crippen LogP contribution >= 0.6 is 0 Å². The third-order valence-corrected chi connectivity index (χ3v) is 4.23. The van der Waals surface area contributed by atoms with Crippen LogP contribution in [-0.2, 0) is 14.3 Å². The van der Waals surface area contributed by atoms with Crippen molar-refractivity contribution < 1.29 is 14.3 Å². The fourth-order valence-electron chi connectivity index (χ4n) is 2.95. The standard InChI is InChI=1S/C13H22N2O3/c14-12(16)13(15-9-3-4-9)5-1-2-10(6-13)18-11-7-17-8-11/h9-11,15H,1-8H2,(H2,14,16). The molecule has 0 aromatic rings. The van der Waals surface area contributed by atoms with Gasteiger partial charge in [-0.25, -0.2) is 0 Å². The number of amides is 1. The molecule has 2 aliphatic carbocycles. The maximum absolute atomic E-state index is 11.8. The van der Waals surface area contributed by atoms with E-state index in [2.05, 4.69) is 5.32 Å². The summed E-state index contributed by atoms with van der Waals surface area (Å²) in [4.78, 5) is 11.8. The minimum Gasteiger partial charge on any atom is -0.376 e. The Balaban J connectivity index is 1.62. The Morgan fingerprint density at radius 2 is 2.06 bits per heavy atom. The van der Waals surface area contributed by atoms with Crippen LogP contribution < -0.4 is 11.1 Å². The van der Waals surface area contributed by atoms with Gasteiger partial charge in [-0.05, 0) is 32.1 Å². The summed E-state index contributed by atoms with van der Waals surface area (Å²) in [6, 6.07) is 0.489. The Morgan fingerprint density at radius 1 is 1.28 bits per heavy atom. The van der Waals surface area contributed by atoms with Crippen molar-refractivity contribution in [3.05, 3.63) is 0 Å². The zero-order valence-corrected chi connectivity index (χ0v) is 10.7. The fourth-order valence-corrected chi connectivity index (χ4v) is 2.95. The van der Waals surface area contributed by atoms with Crippen molar-refractivity contribution in [3.8, 4) is 0 Å². The summed E-state index contributed by atoms with van der Waals surface area (Å²) in [6.45, 7) is 1.38. The second-order valence-electron chi connectivity index (χ2n) is 5.88. The minimum atomic E-state index is -0.533. The number of carbonyl (C=O) groups is 1. The molecule has 1 aliphatic heterocycles. The fraction of sp³-hybridized carbons (Fsp3) is 0.923. The predicted molar refractivity (Wildman–Crippen MR) is 66.0 cm³/mol. The predicted octanol–water partition coefficient (Wildman–Crippen LogP) is 0.320. The molecule has 2 unspecified atom stereocenters. The van der Waals surface area contributed by atoms with Crippen LogP contribution in [0.2, 0.25) is 0 Å². The van der Waals surface area contributed by atoms with Crippen LogP contribution in [0.4, 0.5) is 0 Å². The largest absolute Gasteiger partial charge is 0.376 e. The third-order valence-electron chi connectivity index (χ3n) is 4.23. The molecule has 102 valence electrons. The van der Waals surface area contributed by atoms with Crippen LogP contribution in [0.1, 0.15) is 38.5 Å². The van der Waals surface area contributed by atoms with Crippen molar-refractivity contribution in [3.63, 3.8) is 0 Å². The number of carbonyl (C=O) groups excluding carboxylic acids is 1. The molecule has 3 fully saturated rings. The van der Waals surface area contributed by atoms with Gasteiger partial charge in [-0.2, -0.15) is 0 Å². The van der Waals surface area contributed by atoms with E-state index in [9.17, 15) is 4.79 Å². The van der Waals surface area contributed by atoms with Crippen molar-refractivity contribution >= 4 is 5.91 Å². The Hall–Kier alpha value is -0.650. The lowest BCUT2D eigenvalue weighted by Gasteiger charge is -2.41. The number of nitrogens with one attached hydrogen (secondary N) is 1. The number of nitrogens with two attached hydrogens (primary N) is 1. The molecule has 0 radical (unpaired) electrons. The molecule has 2 saturated carbocycles. The monoisotopic (exact) mass is 254 g/mol. The summed E-state index contributed by atoms with van der Waals surface area (Å²) >= 11 is 0. The van der Waals surface area contributed by atoms with Crippen LogP contribution in [0.5, 0.6) is 0 Å². The molecule has 5 heteroatoms. The number of rotatable bonds is 5. The third kappa shape index (κ3) is 2.53. The molecule has 0 bridgehead atoms. The second kappa shape index (κ2) is 4.79. The Kier molecular flexibility index (Phi) is 3.30. The molecule has 1 saturated heterocycles. The van der Waals surface area contributed by atoms with Crippen LogP contribution in [-0.4, -0.2) is 42.9 Å². The minimum absolute atomic E-state index is 0.145. The SMILES string of the molecule is NC(=O)C1(NC2CC2)CCCC(OC2COC2)C1. The molecule has 3 rings (SSSR count). The van der Waals surface area contributed by atoms with E-state index < -0.39 is 5.54 Å². The highest BCUT2D eigenvalue weighted by Gasteiger charge is 2.45.